The fourth-order valence-corrected chi connectivity index (χ4v) is 3.64. The van der Waals surface area contributed by atoms with Crippen molar-refractivity contribution in [1.82, 2.24) is 0 Å². The summed E-state index contributed by atoms with van der Waals surface area (Å²) < 4.78 is 31.0. The van der Waals surface area contributed by atoms with Gasteiger partial charge in [0.1, 0.15) is 0 Å². The summed E-state index contributed by atoms with van der Waals surface area (Å²) in [7, 11) is -4.37. The number of hydrogen-bond donors (Lipinski definition) is 2. The van der Waals surface area contributed by atoms with Gasteiger partial charge in [-0.3, -0.25) is 9.35 Å². The molecule has 0 radical (unpaired) electrons. The minimum absolute atomic E-state index is 0. The van der Waals surface area contributed by atoms with E-state index in [0.29, 0.717) is 6.42 Å². The molecule has 0 saturated heterocycles. The third kappa shape index (κ3) is 18.1. The zero-order chi connectivity index (χ0) is 19.7. The first-order valence-electron chi connectivity index (χ1n) is 10.3. The van der Waals surface area contributed by atoms with Crippen LogP contribution < -0.4 is 5.73 Å². The van der Waals surface area contributed by atoms with Gasteiger partial charge in [0.15, 0.2) is 11.0 Å². The molecule has 0 aliphatic heterocycles. The average molecular weight is 414 g/mol. The molecule has 7 heteroatoms. The number of rotatable bonds is 18. The van der Waals surface area contributed by atoms with Crippen molar-refractivity contribution < 1.29 is 17.8 Å². The number of Topliss-reactive ketones (excluding diaryl/α,β-unsaturated/α-hetero) is 1. The number of unbranched alkanes of at least 4 members (excludes halogenated alkanes) is 11. The summed E-state index contributed by atoms with van der Waals surface area (Å²) in [6.45, 7) is 1.88. The Morgan fingerprint density at radius 2 is 1.33 bits per heavy atom. The zero-order valence-corrected chi connectivity index (χ0v) is 17.3. The monoisotopic (exact) mass is 413 g/mol. The Hall–Kier alpha value is 0.280. The molecule has 0 aliphatic rings. The molecule has 0 rings (SSSR count). The van der Waals surface area contributed by atoms with Crippen LogP contribution in [0.2, 0.25) is 0 Å². The molecule has 156 valence electrons. The normalized spacial score (nSPS) is 12.9. The zero-order valence-electron chi connectivity index (χ0n) is 16.5. The molecule has 3 N–H and O–H groups in total. The summed E-state index contributed by atoms with van der Waals surface area (Å²) >= 11 is 0. The van der Waals surface area contributed by atoms with Crippen LogP contribution >= 0.6 is 0 Å². The molecule has 1 atom stereocenters. The summed E-state index contributed by atoms with van der Waals surface area (Å²) in [5, 5.41) is -1.46. The van der Waals surface area contributed by atoms with E-state index in [1.165, 1.54) is 44.9 Å². The van der Waals surface area contributed by atoms with Gasteiger partial charge in [-0.15, -0.1) is 0 Å². The van der Waals surface area contributed by atoms with Gasteiger partial charge in [0.2, 0.25) is 0 Å². The third-order valence-corrected chi connectivity index (χ3v) is 5.79. The third-order valence-electron chi connectivity index (χ3n) is 4.62. The van der Waals surface area contributed by atoms with Crippen molar-refractivity contribution >= 4 is 45.5 Å². The van der Waals surface area contributed by atoms with E-state index in [-0.39, 0.29) is 42.5 Å². The molecule has 0 aromatic heterocycles. The Bertz CT molecular complexity index is 480. The number of allylic oxidation sites excluding steroid dienone is 2. The second-order valence-corrected chi connectivity index (χ2v) is 8.64. The maximum atomic E-state index is 11.7. The molecule has 0 saturated carbocycles. The molecular weight excluding hydrogens is 373 g/mol. The Balaban J connectivity index is 0. The van der Waals surface area contributed by atoms with Gasteiger partial charge in [-0.25, -0.2) is 0 Å². The SMILES string of the molecule is CCCCCCCC/C=C\CCCCCCCC(=O)C(CN)S(=O)(=O)O.[NaH]. The van der Waals surface area contributed by atoms with E-state index >= 15 is 0 Å². The molecule has 0 aromatic rings. The number of carbonyl (C=O) groups is 1. The van der Waals surface area contributed by atoms with E-state index in [1.807, 2.05) is 0 Å². The summed E-state index contributed by atoms with van der Waals surface area (Å²) in [5.41, 5.74) is 5.25. The van der Waals surface area contributed by atoms with E-state index in [2.05, 4.69) is 19.1 Å². The van der Waals surface area contributed by atoms with Crippen molar-refractivity contribution in [3.8, 4) is 0 Å². The fraction of sp³-hybridized carbons (Fsp3) is 0.850. The van der Waals surface area contributed by atoms with Gasteiger partial charge < -0.3 is 5.73 Å². The molecule has 1 unspecified atom stereocenters. The number of carbonyl (C=O) groups excluding carboxylic acids is 1. The number of nitrogens with two attached hydrogens (primary N) is 1. The van der Waals surface area contributed by atoms with Crippen LogP contribution in [0.25, 0.3) is 0 Å². The van der Waals surface area contributed by atoms with Gasteiger partial charge >= 0.3 is 29.6 Å². The van der Waals surface area contributed by atoms with Gasteiger partial charge in [0, 0.05) is 13.0 Å². The summed E-state index contributed by atoms with van der Waals surface area (Å²) in [6.07, 6.45) is 19.9. The first-order valence-corrected chi connectivity index (χ1v) is 11.8. The second kappa shape index (κ2) is 19.6. The van der Waals surface area contributed by atoms with Gasteiger partial charge in [0.25, 0.3) is 10.1 Å². The average Bonchev–Trinajstić information content (AvgIpc) is 2.57. The van der Waals surface area contributed by atoms with Crippen molar-refractivity contribution in [2.75, 3.05) is 6.54 Å². The molecule has 0 heterocycles. The van der Waals surface area contributed by atoms with E-state index in [1.54, 1.807) is 0 Å². The molecule has 0 spiro atoms. The molecule has 0 aliphatic carbocycles. The van der Waals surface area contributed by atoms with Crippen LogP contribution in [0.5, 0.6) is 0 Å². The Morgan fingerprint density at radius 3 is 1.78 bits per heavy atom. The van der Waals surface area contributed by atoms with Crippen molar-refractivity contribution in [1.29, 1.82) is 0 Å². The van der Waals surface area contributed by atoms with Crippen molar-refractivity contribution in [3.05, 3.63) is 12.2 Å². The number of ketones is 1. The van der Waals surface area contributed by atoms with Crippen LogP contribution in [0.3, 0.4) is 0 Å². The van der Waals surface area contributed by atoms with Crippen molar-refractivity contribution in [2.24, 2.45) is 5.73 Å². The van der Waals surface area contributed by atoms with E-state index < -0.39 is 21.2 Å². The van der Waals surface area contributed by atoms with Crippen molar-refractivity contribution in [2.45, 2.75) is 102 Å². The number of hydrogen-bond acceptors (Lipinski definition) is 4. The van der Waals surface area contributed by atoms with E-state index in [4.69, 9.17) is 10.3 Å². The quantitative estimate of drug-likeness (QED) is 0.152. The molecule has 0 amide bonds. The van der Waals surface area contributed by atoms with E-state index in [0.717, 1.165) is 32.1 Å². The topological polar surface area (TPSA) is 97.5 Å². The van der Waals surface area contributed by atoms with Crippen molar-refractivity contribution in [3.63, 3.8) is 0 Å². The standard InChI is InChI=1S/C20H39NO4S.Na.H/c1-2-3-4-5-6-7-8-9-10-11-12-13-14-15-16-17-19(22)20(18-21)26(23,24)25;;/h9-10,20H,2-8,11-18,21H2,1H3,(H,23,24,25);;/b10-9-;;. The Labute approximate surface area is 189 Å². The van der Waals surface area contributed by atoms with Crippen LogP contribution in [0.1, 0.15) is 96.8 Å². The predicted molar refractivity (Wildman–Crippen MR) is 116 cm³/mol. The molecule has 0 aromatic carbocycles. The van der Waals surface area contributed by atoms with Crippen LogP contribution in [-0.4, -0.2) is 60.1 Å². The van der Waals surface area contributed by atoms with Gasteiger partial charge in [-0.05, 0) is 32.1 Å². The van der Waals surface area contributed by atoms with Crippen LogP contribution in [0.4, 0.5) is 0 Å². The van der Waals surface area contributed by atoms with Crippen LogP contribution in [0.15, 0.2) is 12.2 Å². The molecule has 27 heavy (non-hydrogen) atoms. The Kier molecular flexibility index (Phi) is 21.4. The molecule has 5 nitrogen and oxygen atoms in total. The summed E-state index contributed by atoms with van der Waals surface area (Å²) in [4.78, 5) is 11.7. The molecule has 0 bridgehead atoms. The molecule has 0 fully saturated rings. The van der Waals surface area contributed by atoms with Crippen LogP contribution in [-0.2, 0) is 14.9 Å². The van der Waals surface area contributed by atoms with Crippen LogP contribution in [0, 0.1) is 0 Å². The first kappa shape index (κ1) is 29.5. The van der Waals surface area contributed by atoms with E-state index in [9.17, 15) is 13.2 Å². The minimum atomic E-state index is -4.37. The van der Waals surface area contributed by atoms with Gasteiger partial charge in [0.05, 0.1) is 0 Å². The fourth-order valence-electron chi connectivity index (χ4n) is 2.95. The van der Waals surface area contributed by atoms with Gasteiger partial charge in [-0.1, -0.05) is 70.4 Å². The summed E-state index contributed by atoms with van der Waals surface area (Å²) in [6, 6.07) is 0. The first-order chi connectivity index (χ1) is 12.4. The predicted octanol–water partition coefficient (Wildman–Crippen LogP) is 4.16. The second-order valence-electron chi connectivity index (χ2n) is 7.04. The summed E-state index contributed by atoms with van der Waals surface area (Å²) in [5.74, 6) is -0.479. The maximum absolute atomic E-state index is 11.7. The molecular formula is C20H40NNaO4S. The van der Waals surface area contributed by atoms with Gasteiger partial charge in [-0.2, -0.15) is 8.42 Å². The Morgan fingerprint density at radius 1 is 0.889 bits per heavy atom.